The largest absolute Gasteiger partial charge is 0.481 e. The van der Waals surface area contributed by atoms with Gasteiger partial charge in [-0.1, -0.05) is 37.1 Å². The number of carbonyl (C=O) groups is 1. The summed E-state index contributed by atoms with van der Waals surface area (Å²) in [5, 5.41) is 25.1. The Kier molecular flexibility index (Phi) is 5.65. The summed E-state index contributed by atoms with van der Waals surface area (Å²) < 4.78 is 1.73. The highest BCUT2D eigenvalue weighted by molar-refractivity contribution is 6.32. The Hall–Kier alpha value is -1.89. The molecule has 0 unspecified atom stereocenters. The van der Waals surface area contributed by atoms with Crippen molar-refractivity contribution in [2.75, 3.05) is 13.1 Å². The minimum Gasteiger partial charge on any atom is -0.481 e. The van der Waals surface area contributed by atoms with Crippen molar-refractivity contribution in [3.8, 4) is 5.69 Å². The van der Waals surface area contributed by atoms with Crippen LogP contribution in [0, 0.1) is 5.41 Å². The molecule has 2 N–H and O–H groups in total. The second kappa shape index (κ2) is 7.78. The van der Waals surface area contributed by atoms with Gasteiger partial charge in [0.2, 0.25) is 0 Å². The Bertz CT molecular complexity index is 779. The van der Waals surface area contributed by atoms with Crippen molar-refractivity contribution in [3.63, 3.8) is 0 Å². The lowest BCUT2D eigenvalue weighted by Crippen LogP contribution is -2.55. The normalized spacial score (nSPS) is 23.9. The summed E-state index contributed by atoms with van der Waals surface area (Å²) in [7, 11) is 0. The maximum Gasteiger partial charge on any atom is 0.313 e. The number of benzene rings is 1. The Morgan fingerprint density at radius 3 is 2.88 bits per heavy atom. The van der Waals surface area contributed by atoms with Crippen LogP contribution in [0.15, 0.2) is 36.7 Å². The lowest BCUT2D eigenvalue weighted by Gasteiger charge is -2.43. The van der Waals surface area contributed by atoms with E-state index in [0.29, 0.717) is 37.5 Å². The average Bonchev–Trinajstić information content (AvgIpc) is 3.06. The van der Waals surface area contributed by atoms with E-state index in [1.54, 1.807) is 10.9 Å². The van der Waals surface area contributed by atoms with Crippen LogP contribution < -0.4 is 0 Å². The van der Waals surface area contributed by atoms with Gasteiger partial charge in [0.05, 0.1) is 23.0 Å². The predicted octanol–water partition coefficient (Wildman–Crippen LogP) is 2.96. The Labute approximate surface area is 158 Å². The molecule has 0 bridgehead atoms. The summed E-state index contributed by atoms with van der Waals surface area (Å²) in [4.78, 5) is 14.0. The number of hydrogen-bond acceptors (Lipinski definition) is 4. The molecule has 3 rings (SSSR count). The molecular formula is C19H24ClN3O3. The van der Waals surface area contributed by atoms with Gasteiger partial charge in [0.15, 0.2) is 0 Å². The van der Waals surface area contributed by atoms with Crippen molar-refractivity contribution < 1.29 is 15.0 Å². The fourth-order valence-corrected chi connectivity index (χ4v) is 4.00. The van der Waals surface area contributed by atoms with E-state index in [-0.39, 0.29) is 0 Å². The number of carboxylic acids is 1. The summed E-state index contributed by atoms with van der Waals surface area (Å²) in [5.74, 6) is -0.914. The molecule has 0 aliphatic carbocycles. The zero-order valence-electron chi connectivity index (χ0n) is 14.8. The lowest BCUT2D eigenvalue weighted by molar-refractivity contribution is -0.164. The van der Waals surface area contributed by atoms with Crippen LogP contribution in [-0.2, 0) is 11.3 Å². The van der Waals surface area contributed by atoms with Gasteiger partial charge in [-0.15, -0.1) is 0 Å². The number of likely N-dealkylation sites (tertiary alicyclic amines) is 1. The number of aromatic nitrogens is 2. The molecule has 1 aliphatic rings. The third kappa shape index (κ3) is 3.63. The fraction of sp³-hybridized carbons (Fsp3) is 0.474. The molecule has 1 saturated heterocycles. The van der Waals surface area contributed by atoms with Gasteiger partial charge >= 0.3 is 5.97 Å². The molecule has 1 aliphatic heterocycles. The van der Waals surface area contributed by atoms with E-state index in [0.717, 1.165) is 17.7 Å². The number of hydrogen-bond donors (Lipinski definition) is 2. The monoisotopic (exact) mass is 377 g/mol. The van der Waals surface area contributed by atoms with Gasteiger partial charge in [-0.05, 0) is 25.0 Å². The van der Waals surface area contributed by atoms with Gasteiger partial charge in [-0.25, -0.2) is 4.68 Å². The van der Waals surface area contributed by atoms with Crippen molar-refractivity contribution in [2.45, 2.75) is 38.8 Å². The zero-order chi connectivity index (χ0) is 18.7. The third-order valence-electron chi connectivity index (χ3n) is 5.13. The molecule has 0 saturated carbocycles. The average molecular weight is 378 g/mol. The van der Waals surface area contributed by atoms with Crippen LogP contribution in [0.5, 0.6) is 0 Å². The first-order valence-electron chi connectivity index (χ1n) is 8.88. The van der Waals surface area contributed by atoms with Crippen LogP contribution in [0.25, 0.3) is 5.69 Å². The molecule has 2 aromatic rings. The molecule has 7 heteroatoms. The smallest absolute Gasteiger partial charge is 0.313 e. The summed E-state index contributed by atoms with van der Waals surface area (Å²) >= 11 is 6.22. The van der Waals surface area contributed by atoms with Crippen molar-refractivity contribution >= 4 is 17.6 Å². The zero-order valence-corrected chi connectivity index (χ0v) is 15.6. The highest BCUT2D eigenvalue weighted by Crippen LogP contribution is 2.36. The number of aliphatic hydroxyl groups excluding tert-OH is 1. The van der Waals surface area contributed by atoms with Crippen LogP contribution >= 0.6 is 11.6 Å². The minimum absolute atomic E-state index is 0.342. The van der Waals surface area contributed by atoms with E-state index in [4.69, 9.17) is 11.6 Å². The maximum atomic E-state index is 11.9. The molecule has 1 aromatic carbocycles. The van der Waals surface area contributed by atoms with Crippen molar-refractivity contribution in [3.05, 3.63) is 47.2 Å². The van der Waals surface area contributed by atoms with Gasteiger partial charge in [0, 0.05) is 31.4 Å². The lowest BCUT2D eigenvalue weighted by atomic mass is 9.74. The van der Waals surface area contributed by atoms with Crippen LogP contribution in [0.4, 0.5) is 0 Å². The second-order valence-corrected chi connectivity index (χ2v) is 7.38. The van der Waals surface area contributed by atoms with E-state index in [1.807, 2.05) is 37.4 Å². The number of nitrogens with zero attached hydrogens (tertiary/aromatic N) is 3. The van der Waals surface area contributed by atoms with Crippen LogP contribution in [-0.4, -0.2) is 50.1 Å². The van der Waals surface area contributed by atoms with Crippen LogP contribution in [0.1, 0.15) is 31.7 Å². The van der Waals surface area contributed by atoms with E-state index >= 15 is 0 Å². The first-order chi connectivity index (χ1) is 12.5. The minimum atomic E-state index is -1.09. The summed E-state index contributed by atoms with van der Waals surface area (Å²) in [6, 6.07) is 7.48. The summed E-state index contributed by atoms with van der Waals surface area (Å²) in [6.45, 7) is 3.55. The van der Waals surface area contributed by atoms with Crippen molar-refractivity contribution in [2.24, 2.45) is 5.41 Å². The van der Waals surface area contributed by atoms with E-state index in [1.165, 1.54) is 0 Å². The molecule has 2 atom stereocenters. The quantitative estimate of drug-likeness (QED) is 0.809. The van der Waals surface area contributed by atoms with Gasteiger partial charge in [-0.3, -0.25) is 9.69 Å². The first-order valence-corrected chi connectivity index (χ1v) is 9.26. The predicted molar refractivity (Wildman–Crippen MR) is 99.5 cm³/mol. The number of aliphatic hydroxyl groups is 1. The SMILES string of the molecule is CCC[C@@]1(C(=O)O)CN(Cc2cnn(-c3ccccc3Cl)c2)CC[C@H]1O. The molecule has 6 nitrogen and oxygen atoms in total. The van der Waals surface area contributed by atoms with E-state index < -0.39 is 17.5 Å². The number of aliphatic carboxylic acids is 1. The molecule has 140 valence electrons. The number of piperidine rings is 1. The molecule has 26 heavy (non-hydrogen) atoms. The highest BCUT2D eigenvalue weighted by atomic mass is 35.5. The molecule has 0 radical (unpaired) electrons. The van der Waals surface area contributed by atoms with Crippen LogP contribution in [0.2, 0.25) is 5.02 Å². The Morgan fingerprint density at radius 2 is 2.19 bits per heavy atom. The topological polar surface area (TPSA) is 78.6 Å². The summed E-state index contributed by atoms with van der Waals surface area (Å²) in [5.41, 5.74) is 0.698. The van der Waals surface area contributed by atoms with Crippen LogP contribution in [0.3, 0.4) is 0 Å². The van der Waals surface area contributed by atoms with Crippen molar-refractivity contribution in [1.29, 1.82) is 0 Å². The van der Waals surface area contributed by atoms with Gasteiger partial charge < -0.3 is 10.2 Å². The third-order valence-corrected chi connectivity index (χ3v) is 5.45. The molecule has 0 amide bonds. The van der Waals surface area contributed by atoms with Gasteiger partial charge in [0.25, 0.3) is 0 Å². The molecule has 0 spiro atoms. The maximum absolute atomic E-state index is 11.9. The van der Waals surface area contributed by atoms with E-state index in [2.05, 4.69) is 10.00 Å². The standard InChI is InChI=1S/C19H24ClN3O3/c1-2-8-19(18(25)26)13-22(9-7-17(19)24)11-14-10-21-23(12-14)16-6-4-3-5-15(16)20/h3-6,10,12,17,24H,2,7-9,11,13H2,1H3,(H,25,26)/t17-,19-/m1/s1. The Balaban J connectivity index is 1.75. The number of rotatable bonds is 6. The highest BCUT2D eigenvalue weighted by Gasteiger charge is 2.48. The number of para-hydroxylation sites is 1. The molecule has 2 heterocycles. The summed E-state index contributed by atoms with van der Waals surface area (Å²) in [6.07, 6.45) is 4.54. The molecular weight excluding hydrogens is 354 g/mol. The molecule has 1 aromatic heterocycles. The van der Waals surface area contributed by atoms with Gasteiger partial charge in [-0.2, -0.15) is 5.10 Å². The number of halogens is 1. The second-order valence-electron chi connectivity index (χ2n) is 6.97. The van der Waals surface area contributed by atoms with Gasteiger partial charge in [0.1, 0.15) is 5.41 Å². The first kappa shape index (κ1) is 18.9. The fourth-order valence-electron chi connectivity index (χ4n) is 3.78. The molecule has 1 fully saturated rings. The number of carboxylic acid groups (broad SMARTS) is 1. The Morgan fingerprint density at radius 1 is 1.42 bits per heavy atom. The van der Waals surface area contributed by atoms with E-state index in [9.17, 15) is 15.0 Å². The van der Waals surface area contributed by atoms with Crippen molar-refractivity contribution in [1.82, 2.24) is 14.7 Å².